The molecule has 2 aromatic rings. The second kappa shape index (κ2) is 5.69. The fourth-order valence-corrected chi connectivity index (χ4v) is 3.23. The van der Waals surface area contributed by atoms with E-state index in [2.05, 4.69) is 14.8 Å². The lowest BCUT2D eigenvalue weighted by Gasteiger charge is -2.02. The number of sulfonamides is 1. The molecule has 8 nitrogen and oxygen atoms in total. The number of nitrogens with one attached hydrogen (secondary N) is 1. The molecule has 2 N–H and O–H groups in total. The fraction of sp³-hybridized carbons (Fsp3) is 0.300. The summed E-state index contributed by atoms with van der Waals surface area (Å²) < 4.78 is 27.4. The highest BCUT2D eigenvalue weighted by atomic mass is 32.2. The van der Waals surface area contributed by atoms with Gasteiger partial charge in [-0.2, -0.15) is 5.10 Å². The Bertz CT molecular complexity index is 719. The van der Waals surface area contributed by atoms with Gasteiger partial charge in [-0.15, -0.1) is 11.3 Å². The van der Waals surface area contributed by atoms with Crippen molar-refractivity contribution in [1.29, 1.82) is 0 Å². The Labute approximate surface area is 119 Å². The van der Waals surface area contributed by atoms with Crippen LogP contribution in [0.4, 0.5) is 0 Å². The highest BCUT2D eigenvalue weighted by Gasteiger charge is 2.17. The maximum Gasteiger partial charge on any atom is 0.325 e. The van der Waals surface area contributed by atoms with Crippen molar-refractivity contribution in [2.75, 3.05) is 0 Å². The molecule has 2 aromatic heterocycles. The number of hydrogen-bond donors (Lipinski definition) is 2. The van der Waals surface area contributed by atoms with Gasteiger partial charge in [0, 0.05) is 23.8 Å². The lowest BCUT2D eigenvalue weighted by Crippen LogP contribution is -2.22. The topological polar surface area (TPSA) is 114 Å². The van der Waals surface area contributed by atoms with E-state index in [0.717, 1.165) is 20.8 Å². The zero-order valence-electron chi connectivity index (χ0n) is 10.5. The van der Waals surface area contributed by atoms with Crippen molar-refractivity contribution in [3.63, 3.8) is 0 Å². The van der Waals surface area contributed by atoms with Crippen LogP contribution >= 0.6 is 11.3 Å². The Balaban J connectivity index is 2.06. The monoisotopic (exact) mass is 316 g/mol. The summed E-state index contributed by atoms with van der Waals surface area (Å²) in [6.07, 6.45) is 3.90. The van der Waals surface area contributed by atoms with Gasteiger partial charge in [-0.25, -0.2) is 18.1 Å². The number of carboxylic acids is 1. The Morgan fingerprint density at radius 1 is 1.50 bits per heavy atom. The van der Waals surface area contributed by atoms with E-state index in [4.69, 9.17) is 5.11 Å². The van der Waals surface area contributed by atoms with Gasteiger partial charge >= 0.3 is 5.97 Å². The van der Waals surface area contributed by atoms with Gasteiger partial charge in [0.15, 0.2) is 0 Å². The molecular weight excluding hydrogens is 304 g/mol. The second-order valence-corrected chi connectivity index (χ2v) is 7.02. The highest BCUT2D eigenvalue weighted by Crippen LogP contribution is 2.13. The Kier molecular flexibility index (Phi) is 4.16. The Morgan fingerprint density at radius 2 is 2.25 bits per heavy atom. The summed E-state index contributed by atoms with van der Waals surface area (Å²) in [5.74, 6) is -1.09. The van der Waals surface area contributed by atoms with Crippen LogP contribution in [-0.4, -0.2) is 34.3 Å². The molecule has 0 saturated heterocycles. The molecule has 0 aromatic carbocycles. The molecule has 0 aliphatic rings. The summed E-state index contributed by atoms with van der Waals surface area (Å²) >= 11 is 1.40. The molecule has 0 fully saturated rings. The van der Waals surface area contributed by atoms with Gasteiger partial charge in [0.2, 0.25) is 10.0 Å². The first-order valence-corrected chi connectivity index (χ1v) is 7.82. The molecule has 0 atom stereocenters. The molecule has 2 rings (SSSR count). The molecular formula is C10H12N4O4S2. The third-order valence-corrected chi connectivity index (χ3v) is 4.59. The van der Waals surface area contributed by atoms with Crippen LogP contribution in [0.3, 0.4) is 0 Å². The molecule has 0 spiro atoms. The first-order chi connectivity index (χ1) is 9.37. The van der Waals surface area contributed by atoms with Crippen molar-refractivity contribution >= 4 is 27.3 Å². The lowest BCUT2D eigenvalue weighted by molar-refractivity contribution is -0.137. The third kappa shape index (κ3) is 3.62. The molecule has 0 bridgehead atoms. The number of aliphatic carboxylic acids is 1. The van der Waals surface area contributed by atoms with E-state index in [1.165, 1.54) is 17.5 Å². The fourth-order valence-electron chi connectivity index (χ4n) is 1.44. The van der Waals surface area contributed by atoms with Gasteiger partial charge in [0.05, 0.1) is 11.2 Å². The molecule has 0 radical (unpaired) electrons. The number of aryl methyl sites for hydroxylation is 1. The Morgan fingerprint density at radius 3 is 2.85 bits per heavy atom. The number of rotatable bonds is 6. The number of thiazole rings is 1. The van der Waals surface area contributed by atoms with Crippen molar-refractivity contribution in [1.82, 2.24) is 19.5 Å². The predicted molar refractivity (Wildman–Crippen MR) is 70.7 cm³/mol. The van der Waals surface area contributed by atoms with Gasteiger partial charge in [0.1, 0.15) is 11.4 Å². The molecule has 108 valence electrons. The largest absolute Gasteiger partial charge is 0.480 e. The van der Waals surface area contributed by atoms with Gasteiger partial charge in [0.25, 0.3) is 0 Å². The SMILES string of the molecule is Cc1ncc(CNS(=O)(=O)c2cnn(CC(=O)O)c2)s1. The van der Waals surface area contributed by atoms with Crippen molar-refractivity contribution in [3.8, 4) is 0 Å². The smallest absolute Gasteiger partial charge is 0.325 e. The quantitative estimate of drug-likeness (QED) is 0.787. The van der Waals surface area contributed by atoms with Crippen LogP contribution in [0.2, 0.25) is 0 Å². The molecule has 0 unspecified atom stereocenters. The molecule has 10 heteroatoms. The lowest BCUT2D eigenvalue weighted by atomic mass is 10.6. The second-order valence-electron chi connectivity index (χ2n) is 3.94. The van der Waals surface area contributed by atoms with E-state index < -0.39 is 16.0 Å². The first-order valence-electron chi connectivity index (χ1n) is 5.52. The van der Waals surface area contributed by atoms with Crippen LogP contribution in [-0.2, 0) is 27.9 Å². The van der Waals surface area contributed by atoms with E-state index in [9.17, 15) is 13.2 Å². The third-order valence-electron chi connectivity index (χ3n) is 2.32. The van der Waals surface area contributed by atoms with Gasteiger partial charge < -0.3 is 5.11 Å². The average molecular weight is 316 g/mol. The van der Waals surface area contributed by atoms with Crippen LogP contribution in [0.5, 0.6) is 0 Å². The van der Waals surface area contributed by atoms with E-state index in [1.807, 2.05) is 6.92 Å². The van der Waals surface area contributed by atoms with Crippen LogP contribution < -0.4 is 4.72 Å². The van der Waals surface area contributed by atoms with Crippen molar-refractivity contribution in [3.05, 3.63) is 28.5 Å². The van der Waals surface area contributed by atoms with Crippen LogP contribution in [0.25, 0.3) is 0 Å². The summed E-state index contributed by atoms with van der Waals surface area (Å²) in [5, 5.41) is 13.1. The molecule has 0 aliphatic heterocycles. The first kappa shape index (κ1) is 14.6. The predicted octanol–water partition coefficient (Wildman–Crippen LogP) is 0.211. The number of carbonyl (C=O) groups is 1. The van der Waals surface area contributed by atoms with Gasteiger partial charge in [-0.3, -0.25) is 9.48 Å². The van der Waals surface area contributed by atoms with Crippen molar-refractivity contribution < 1.29 is 18.3 Å². The number of carboxylic acid groups (broad SMARTS) is 1. The Hall–Kier alpha value is -1.78. The van der Waals surface area contributed by atoms with Crippen LogP contribution in [0.15, 0.2) is 23.5 Å². The van der Waals surface area contributed by atoms with Crippen molar-refractivity contribution in [2.24, 2.45) is 0 Å². The van der Waals surface area contributed by atoms with Crippen LogP contribution in [0, 0.1) is 6.92 Å². The molecule has 2 heterocycles. The minimum absolute atomic E-state index is 0.0695. The van der Waals surface area contributed by atoms with Crippen LogP contribution in [0.1, 0.15) is 9.88 Å². The molecule has 0 saturated carbocycles. The molecule has 20 heavy (non-hydrogen) atoms. The summed E-state index contributed by atoms with van der Waals surface area (Å²) in [4.78, 5) is 15.3. The number of nitrogens with zero attached hydrogens (tertiary/aromatic N) is 3. The van der Waals surface area contributed by atoms with Crippen molar-refractivity contribution in [2.45, 2.75) is 24.9 Å². The van der Waals surface area contributed by atoms with E-state index in [-0.39, 0.29) is 18.0 Å². The standard InChI is InChI=1S/C10H12N4O4S2/c1-7-11-2-8(19-7)3-13-20(17,18)9-4-12-14(5-9)6-10(15)16/h2,4-5,13H,3,6H2,1H3,(H,15,16). The maximum absolute atomic E-state index is 12.0. The van der Waals surface area contributed by atoms with E-state index >= 15 is 0 Å². The normalized spacial score (nSPS) is 11.7. The van der Waals surface area contributed by atoms with Gasteiger partial charge in [-0.1, -0.05) is 0 Å². The zero-order chi connectivity index (χ0) is 14.8. The highest BCUT2D eigenvalue weighted by molar-refractivity contribution is 7.89. The minimum Gasteiger partial charge on any atom is -0.480 e. The summed E-state index contributed by atoms with van der Waals surface area (Å²) in [6, 6.07) is 0. The zero-order valence-corrected chi connectivity index (χ0v) is 12.1. The minimum atomic E-state index is -3.71. The molecule has 0 aliphatic carbocycles. The van der Waals surface area contributed by atoms with E-state index in [1.54, 1.807) is 6.20 Å². The summed E-state index contributed by atoms with van der Waals surface area (Å²) in [5.41, 5.74) is 0. The molecule has 0 amide bonds. The summed E-state index contributed by atoms with van der Waals surface area (Å²) in [7, 11) is -3.71. The number of aromatic nitrogens is 3. The summed E-state index contributed by atoms with van der Waals surface area (Å²) in [6.45, 7) is 1.58. The van der Waals surface area contributed by atoms with E-state index in [0.29, 0.717) is 0 Å². The van der Waals surface area contributed by atoms with Gasteiger partial charge in [-0.05, 0) is 6.92 Å². The maximum atomic E-state index is 12.0. The number of hydrogen-bond acceptors (Lipinski definition) is 6. The average Bonchev–Trinajstić information content (AvgIpc) is 2.95.